The van der Waals surface area contributed by atoms with Gasteiger partial charge in [0.25, 0.3) is 0 Å². The molecule has 0 bridgehead atoms. The fourth-order valence-electron chi connectivity index (χ4n) is 1.25. The monoisotopic (exact) mass is 294 g/mol. The lowest BCUT2D eigenvalue weighted by Crippen LogP contribution is -1.95. The van der Waals surface area contributed by atoms with E-state index in [0.717, 1.165) is 6.20 Å². The van der Waals surface area contributed by atoms with E-state index in [9.17, 15) is 10.1 Å². The second-order valence-corrected chi connectivity index (χ2v) is 4.00. The average Bonchev–Trinajstić information content (AvgIpc) is 2.33. The zero-order valence-electron chi connectivity index (χ0n) is 8.54. The Hall–Kier alpha value is -1.95. The fourth-order valence-corrected chi connectivity index (χ4v) is 1.65. The quantitative estimate of drug-likeness (QED) is 0.641. The van der Waals surface area contributed by atoms with Crippen molar-refractivity contribution in [3.05, 3.63) is 57.3 Å². The largest absolute Gasteiger partial charge is 0.449 e. The van der Waals surface area contributed by atoms with Gasteiger partial charge >= 0.3 is 5.69 Å². The molecule has 0 amide bonds. The number of halogens is 1. The van der Waals surface area contributed by atoms with Crippen molar-refractivity contribution in [2.24, 2.45) is 0 Å². The van der Waals surface area contributed by atoms with Gasteiger partial charge in [-0.3, -0.25) is 15.1 Å². The smallest absolute Gasteiger partial charge is 0.330 e. The minimum atomic E-state index is -0.532. The number of nitro groups is 1. The van der Waals surface area contributed by atoms with Crippen molar-refractivity contribution in [1.82, 2.24) is 4.98 Å². The maximum absolute atomic E-state index is 10.8. The number of hydrogen-bond donors (Lipinski definition) is 0. The van der Waals surface area contributed by atoms with Gasteiger partial charge in [0, 0.05) is 6.20 Å². The molecule has 0 unspecified atom stereocenters. The summed E-state index contributed by atoms with van der Waals surface area (Å²) >= 11 is 3.18. The van der Waals surface area contributed by atoms with E-state index in [1.165, 1.54) is 6.20 Å². The SMILES string of the molecule is O=[N+]([O-])c1cncc(Br)c1Oc1ccccc1. The number of hydrogen-bond acceptors (Lipinski definition) is 4. The van der Waals surface area contributed by atoms with Crippen molar-refractivity contribution >= 4 is 21.6 Å². The van der Waals surface area contributed by atoms with Gasteiger partial charge in [0.2, 0.25) is 5.75 Å². The van der Waals surface area contributed by atoms with Crippen molar-refractivity contribution < 1.29 is 9.66 Å². The molecule has 0 aliphatic carbocycles. The predicted octanol–water partition coefficient (Wildman–Crippen LogP) is 3.54. The van der Waals surface area contributed by atoms with Gasteiger partial charge < -0.3 is 4.74 Å². The van der Waals surface area contributed by atoms with Crippen LogP contribution in [-0.2, 0) is 0 Å². The molecule has 0 fully saturated rings. The van der Waals surface area contributed by atoms with E-state index in [1.807, 2.05) is 6.07 Å². The zero-order chi connectivity index (χ0) is 12.3. The lowest BCUT2D eigenvalue weighted by molar-refractivity contribution is -0.386. The van der Waals surface area contributed by atoms with Crippen LogP contribution in [-0.4, -0.2) is 9.91 Å². The number of pyridine rings is 1. The van der Waals surface area contributed by atoms with E-state index < -0.39 is 4.92 Å². The molecule has 0 aliphatic heterocycles. The number of para-hydroxylation sites is 1. The second kappa shape index (κ2) is 4.92. The van der Waals surface area contributed by atoms with Gasteiger partial charge in [0.1, 0.15) is 11.9 Å². The molecular formula is C11H7BrN2O3. The summed E-state index contributed by atoms with van der Waals surface area (Å²) in [6, 6.07) is 8.85. The molecule has 1 aromatic carbocycles. The summed E-state index contributed by atoms with van der Waals surface area (Å²) in [4.78, 5) is 14.0. The normalized spacial score (nSPS) is 9.94. The first-order valence-electron chi connectivity index (χ1n) is 4.69. The minimum absolute atomic E-state index is 0.149. The first-order valence-corrected chi connectivity index (χ1v) is 5.48. The number of ether oxygens (including phenoxy) is 1. The molecule has 2 rings (SSSR count). The molecule has 5 nitrogen and oxygen atoms in total. The number of nitrogens with zero attached hydrogens (tertiary/aromatic N) is 2. The Morgan fingerprint density at radius 3 is 2.59 bits per heavy atom. The average molecular weight is 295 g/mol. The molecule has 0 aliphatic rings. The molecular weight excluding hydrogens is 288 g/mol. The summed E-state index contributed by atoms with van der Waals surface area (Å²) in [5.41, 5.74) is -0.178. The summed E-state index contributed by atoms with van der Waals surface area (Å²) in [5, 5.41) is 10.8. The van der Waals surface area contributed by atoms with Crippen LogP contribution >= 0.6 is 15.9 Å². The van der Waals surface area contributed by atoms with Crippen molar-refractivity contribution in [2.45, 2.75) is 0 Å². The third-order valence-corrected chi connectivity index (χ3v) is 2.56. The first-order chi connectivity index (χ1) is 8.18. The van der Waals surface area contributed by atoms with Crippen LogP contribution in [0, 0.1) is 10.1 Å². The molecule has 0 saturated heterocycles. The Balaban J connectivity index is 2.41. The van der Waals surface area contributed by atoms with E-state index in [-0.39, 0.29) is 11.4 Å². The summed E-state index contributed by atoms with van der Waals surface area (Å²) in [5.74, 6) is 0.679. The Morgan fingerprint density at radius 1 is 1.24 bits per heavy atom. The highest BCUT2D eigenvalue weighted by Crippen LogP contribution is 2.36. The van der Waals surface area contributed by atoms with Crippen LogP contribution in [0.5, 0.6) is 11.5 Å². The van der Waals surface area contributed by atoms with Crippen LogP contribution in [0.3, 0.4) is 0 Å². The maximum Gasteiger partial charge on any atom is 0.330 e. The standard InChI is InChI=1S/C11H7BrN2O3/c12-9-6-13-7-10(14(15)16)11(9)17-8-4-2-1-3-5-8/h1-7H. The van der Waals surface area contributed by atoms with Crippen LogP contribution in [0.4, 0.5) is 5.69 Å². The molecule has 0 N–H and O–H groups in total. The van der Waals surface area contributed by atoms with Gasteiger partial charge in [-0.15, -0.1) is 0 Å². The number of benzene rings is 1. The van der Waals surface area contributed by atoms with Crippen molar-refractivity contribution in [3.63, 3.8) is 0 Å². The lowest BCUT2D eigenvalue weighted by atomic mass is 10.3. The van der Waals surface area contributed by atoms with Crippen LogP contribution in [0.2, 0.25) is 0 Å². The second-order valence-electron chi connectivity index (χ2n) is 3.14. The maximum atomic E-state index is 10.8. The molecule has 2 aromatic rings. The summed E-state index contributed by atoms with van der Waals surface area (Å²) < 4.78 is 5.91. The molecule has 0 radical (unpaired) electrons. The molecule has 86 valence electrons. The van der Waals surface area contributed by atoms with Crippen LogP contribution in [0.15, 0.2) is 47.2 Å². The van der Waals surface area contributed by atoms with Crippen molar-refractivity contribution in [3.8, 4) is 11.5 Å². The topological polar surface area (TPSA) is 65.3 Å². The Bertz CT molecular complexity index is 546. The van der Waals surface area contributed by atoms with E-state index in [4.69, 9.17) is 4.74 Å². The van der Waals surface area contributed by atoms with Gasteiger partial charge in [0.15, 0.2) is 0 Å². The van der Waals surface area contributed by atoms with Gasteiger partial charge in [-0.2, -0.15) is 0 Å². The van der Waals surface area contributed by atoms with Crippen LogP contribution in [0.1, 0.15) is 0 Å². The molecule has 0 atom stereocenters. The number of rotatable bonds is 3. The van der Waals surface area contributed by atoms with Gasteiger partial charge in [-0.05, 0) is 28.1 Å². The number of aromatic nitrogens is 1. The molecule has 1 aromatic heterocycles. The minimum Gasteiger partial charge on any atom is -0.449 e. The highest BCUT2D eigenvalue weighted by Gasteiger charge is 2.19. The Morgan fingerprint density at radius 2 is 1.94 bits per heavy atom. The molecule has 1 heterocycles. The van der Waals surface area contributed by atoms with E-state index >= 15 is 0 Å². The summed E-state index contributed by atoms with van der Waals surface area (Å²) in [6.07, 6.45) is 2.61. The summed E-state index contributed by atoms with van der Waals surface area (Å²) in [6.45, 7) is 0. The van der Waals surface area contributed by atoms with Gasteiger partial charge in [-0.1, -0.05) is 18.2 Å². The Kier molecular flexibility index (Phi) is 3.34. The van der Waals surface area contributed by atoms with Crippen molar-refractivity contribution in [1.29, 1.82) is 0 Å². The highest BCUT2D eigenvalue weighted by atomic mass is 79.9. The Labute approximate surface area is 105 Å². The molecule has 0 saturated carbocycles. The summed E-state index contributed by atoms with van der Waals surface area (Å²) in [7, 11) is 0. The third kappa shape index (κ3) is 2.59. The first kappa shape index (κ1) is 11.5. The van der Waals surface area contributed by atoms with E-state index in [2.05, 4.69) is 20.9 Å². The molecule has 17 heavy (non-hydrogen) atoms. The lowest BCUT2D eigenvalue weighted by Gasteiger charge is -2.07. The fraction of sp³-hybridized carbons (Fsp3) is 0. The third-order valence-electron chi connectivity index (χ3n) is 1.99. The highest BCUT2D eigenvalue weighted by molar-refractivity contribution is 9.10. The van der Waals surface area contributed by atoms with Crippen LogP contribution in [0.25, 0.3) is 0 Å². The van der Waals surface area contributed by atoms with Gasteiger partial charge in [0.05, 0.1) is 9.40 Å². The molecule has 0 spiro atoms. The van der Waals surface area contributed by atoms with Crippen LogP contribution < -0.4 is 4.74 Å². The van der Waals surface area contributed by atoms with Gasteiger partial charge in [-0.25, -0.2) is 0 Å². The molecule has 6 heteroatoms. The van der Waals surface area contributed by atoms with Crippen molar-refractivity contribution in [2.75, 3.05) is 0 Å². The van der Waals surface area contributed by atoms with E-state index in [0.29, 0.717) is 10.2 Å². The predicted molar refractivity (Wildman–Crippen MR) is 65.1 cm³/mol. The van der Waals surface area contributed by atoms with E-state index in [1.54, 1.807) is 24.3 Å². The zero-order valence-corrected chi connectivity index (χ0v) is 10.1.